The van der Waals surface area contributed by atoms with Gasteiger partial charge in [0.1, 0.15) is 18.5 Å². The van der Waals surface area contributed by atoms with Crippen molar-refractivity contribution in [3.8, 4) is 22.8 Å². The summed E-state index contributed by atoms with van der Waals surface area (Å²) >= 11 is 0. The fraction of sp³-hybridized carbons (Fsp3) is 0.458. The Bertz CT molecular complexity index is 1170. The standard InChI is InChI=1S/C24H29N5O5/c1-3-32-19-11-16-10-17(12-19)25-5-7-28-18(13-21(24(28)30)33-9-8-31-2)15-34-22-4-6-29-23(27-22)20(16)14-26-29/h4,6,10-12,14,18,21,25H,3,5,7-9,13,15H2,1-2H3/t18-,21?/m0/s1. The van der Waals surface area contributed by atoms with E-state index >= 15 is 0 Å². The first-order valence-electron chi connectivity index (χ1n) is 11.6. The third kappa shape index (κ3) is 4.51. The minimum Gasteiger partial charge on any atom is -0.494 e. The van der Waals surface area contributed by atoms with Crippen LogP contribution < -0.4 is 14.8 Å². The van der Waals surface area contributed by atoms with Gasteiger partial charge in [-0.05, 0) is 24.6 Å². The Morgan fingerprint density at radius 2 is 2.18 bits per heavy atom. The molecule has 2 aromatic heterocycles. The number of hydrogen-bond donors (Lipinski definition) is 1. The van der Waals surface area contributed by atoms with Crippen molar-refractivity contribution in [3.05, 3.63) is 36.7 Å². The summed E-state index contributed by atoms with van der Waals surface area (Å²) in [6.07, 6.45) is 3.69. The first-order chi connectivity index (χ1) is 16.7. The van der Waals surface area contributed by atoms with Crippen molar-refractivity contribution >= 4 is 17.2 Å². The van der Waals surface area contributed by atoms with Crippen LogP contribution in [-0.2, 0) is 14.3 Å². The molecule has 2 aliphatic rings. The molecule has 1 N–H and O–H groups in total. The summed E-state index contributed by atoms with van der Waals surface area (Å²) in [5.74, 6) is 1.22. The van der Waals surface area contributed by atoms with Crippen LogP contribution in [0.5, 0.6) is 11.6 Å². The lowest BCUT2D eigenvalue weighted by molar-refractivity contribution is -0.138. The van der Waals surface area contributed by atoms with Crippen LogP contribution >= 0.6 is 0 Å². The Kier molecular flexibility index (Phi) is 6.50. The van der Waals surface area contributed by atoms with E-state index in [1.807, 2.05) is 36.2 Å². The number of carbonyl (C=O) groups is 1. The van der Waals surface area contributed by atoms with E-state index in [9.17, 15) is 4.79 Å². The molecule has 4 heterocycles. The van der Waals surface area contributed by atoms with Gasteiger partial charge in [-0.15, -0.1) is 0 Å². The predicted octanol–water partition coefficient (Wildman–Crippen LogP) is 2.23. The number of hydrogen-bond acceptors (Lipinski definition) is 8. The second-order valence-electron chi connectivity index (χ2n) is 8.28. The average Bonchev–Trinajstić information content (AvgIpc) is 3.39. The van der Waals surface area contributed by atoms with Crippen molar-refractivity contribution in [2.45, 2.75) is 25.5 Å². The summed E-state index contributed by atoms with van der Waals surface area (Å²) in [5.41, 5.74) is 3.42. The molecule has 2 aliphatic heterocycles. The molecule has 0 saturated carbocycles. The first kappa shape index (κ1) is 22.4. The fourth-order valence-electron chi connectivity index (χ4n) is 4.45. The number of anilines is 1. The number of nitrogens with zero attached hydrogens (tertiary/aromatic N) is 4. The molecule has 10 heteroatoms. The zero-order valence-electron chi connectivity index (χ0n) is 19.4. The molecule has 10 nitrogen and oxygen atoms in total. The number of fused-ring (bicyclic) bond motifs is 5. The molecule has 0 radical (unpaired) electrons. The Morgan fingerprint density at radius 1 is 1.26 bits per heavy atom. The van der Waals surface area contributed by atoms with Crippen LogP contribution in [0, 0.1) is 0 Å². The second kappa shape index (κ2) is 9.86. The maximum Gasteiger partial charge on any atom is 0.252 e. The number of amides is 1. The number of aromatic nitrogens is 3. The molecule has 4 bridgehead atoms. The van der Waals surface area contributed by atoms with Crippen LogP contribution in [0.4, 0.5) is 5.69 Å². The molecule has 34 heavy (non-hydrogen) atoms. The molecular weight excluding hydrogens is 438 g/mol. The Balaban J connectivity index is 1.48. The molecular formula is C24H29N5O5. The van der Waals surface area contributed by atoms with E-state index in [1.165, 1.54) is 0 Å². The molecule has 3 aromatic rings. The zero-order chi connectivity index (χ0) is 23.5. The van der Waals surface area contributed by atoms with Gasteiger partial charge in [-0.25, -0.2) is 4.52 Å². The van der Waals surface area contributed by atoms with Crippen LogP contribution in [0.3, 0.4) is 0 Å². The van der Waals surface area contributed by atoms with E-state index in [2.05, 4.69) is 10.4 Å². The van der Waals surface area contributed by atoms with E-state index in [0.717, 1.165) is 22.6 Å². The summed E-state index contributed by atoms with van der Waals surface area (Å²) < 4.78 is 24.4. The third-order valence-corrected chi connectivity index (χ3v) is 6.07. The fourth-order valence-corrected chi connectivity index (χ4v) is 4.45. The van der Waals surface area contributed by atoms with Gasteiger partial charge >= 0.3 is 0 Å². The SMILES string of the molecule is CCOc1cc2cc(c1)-c1cnn3ccc(nc13)OC[C@@H]1CC(OCCOC)C(=O)N1CCN2. The second-order valence-corrected chi connectivity index (χ2v) is 8.28. The largest absolute Gasteiger partial charge is 0.494 e. The van der Waals surface area contributed by atoms with Gasteiger partial charge in [-0.2, -0.15) is 10.1 Å². The molecule has 1 amide bonds. The molecule has 2 atom stereocenters. The summed E-state index contributed by atoms with van der Waals surface area (Å²) in [5, 5.41) is 7.89. The smallest absolute Gasteiger partial charge is 0.252 e. The Labute approximate surface area is 197 Å². The number of rotatable bonds is 6. The van der Waals surface area contributed by atoms with Gasteiger partial charge in [0.2, 0.25) is 5.88 Å². The lowest BCUT2D eigenvalue weighted by atomic mass is 10.1. The van der Waals surface area contributed by atoms with E-state index in [-0.39, 0.29) is 11.9 Å². The number of carbonyl (C=O) groups excluding carboxylic acids is 1. The predicted molar refractivity (Wildman–Crippen MR) is 125 cm³/mol. The number of benzene rings is 1. The zero-order valence-corrected chi connectivity index (χ0v) is 19.4. The van der Waals surface area contributed by atoms with E-state index in [1.54, 1.807) is 23.9 Å². The number of methoxy groups -OCH3 is 1. The van der Waals surface area contributed by atoms with Crippen LogP contribution in [0.15, 0.2) is 36.7 Å². The van der Waals surface area contributed by atoms with Crippen molar-refractivity contribution in [1.29, 1.82) is 0 Å². The minimum atomic E-state index is -0.496. The molecule has 1 fully saturated rings. The van der Waals surface area contributed by atoms with Crippen molar-refractivity contribution in [3.63, 3.8) is 0 Å². The summed E-state index contributed by atoms with van der Waals surface area (Å²) in [6, 6.07) is 7.66. The van der Waals surface area contributed by atoms with Crippen molar-refractivity contribution in [2.24, 2.45) is 0 Å². The maximum atomic E-state index is 13.1. The molecule has 0 spiro atoms. The lowest BCUT2D eigenvalue weighted by Crippen LogP contribution is -2.41. The van der Waals surface area contributed by atoms with Gasteiger partial charge in [0.15, 0.2) is 5.65 Å². The van der Waals surface area contributed by atoms with Gasteiger partial charge in [-0.3, -0.25) is 4.79 Å². The van der Waals surface area contributed by atoms with Gasteiger partial charge in [0.25, 0.3) is 5.91 Å². The molecule has 1 saturated heterocycles. The quantitative estimate of drug-likeness (QED) is 0.551. The Morgan fingerprint density at radius 3 is 3.03 bits per heavy atom. The van der Waals surface area contributed by atoms with Crippen molar-refractivity contribution in [2.75, 3.05) is 51.9 Å². The molecule has 1 unspecified atom stereocenters. The number of nitrogens with one attached hydrogen (secondary N) is 1. The van der Waals surface area contributed by atoms with Gasteiger partial charge in [0, 0.05) is 56.2 Å². The lowest BCUT2D eigenvalue weighted by Gasteiger charge is -2.25. The minimum absolute atomic E-state index is 0.0242. The van der Waals surface area contributed by atoms with Crippen LogP contribution in [-0.4, -0.2) is 84.2 Å². The molecule has 0 aliphatic carbocycles. The maximum absolute atomic E-state index is 13.1. The monoisotopic (exact) mass is 467 g/mol. The van der Waals surface area contributed by atoms with Gasteiger partial charge < -0.3 is 29.2 Å². The average molecular weight is 468 g/mol. The highest BCUT2D eigenvalue weighted by atomic mass is 16.5. The van der Waals surface area contributed by atoms with Crippen LogP contribution in [0.2, 0.25) is 0 Å². The van der Waals surface area contributed by atoms with Crippen molar-refractivity contribution in [1.82, 2.24) is 19.5 Å². The van der Waals surface area contributed by atoms with Crippen LogP contribution in [0.1, 0.15) is 13.3 Å². The topological polar surface area (TPSA) is 99.5 Å². The van der Waals surface area contributed by atoms with E-state index in [0.29, 0.717) is 57.5 Å². The molecule has 180 valence electrons. The Hall–Kier alpha value is -3.37. The van der Waals surface area contributed by atoms with E-state index < -0.39 is 6.10 Å². The highest BCUT2D eigenvalue weighted by Crippen LogP contribution is 2.32. The number of ether oxygens (including phenoxy) is 4. The molecule has 5 rings (SSSR count). The third-order valence-electron chi connectivity index (χ3n) is 6.07. The summed E-state index contributed by atoms with van der Waals surface area (Å²) in [6.45, 7) is 4.78. The molecule has 1 aromatic carbocycles. The van der Waals surface area contributed by atoms with E-state index in [4.69, 9.17) is 23.9 Å². The summed E-state index contributed by atoms with van der Waals surface area (Å²) in [4.78, 5) is 19.6. The van der Waals surface area contributed by atoms with Crippen molar-refractivity contribution < 1.29 is 23.7 Å². The van der Waals surface area contributed by atoms with Gasteiger partial charge in [0.05, 0.1) is 32.1 Å². The van der Waals surface area contributed by atoms with Gasteiger partial charge in [-0.1, -0.05) is 0 Å². The van der Waals surface area contributed by atoms with Crippen LogP contribution in [0.25, 0.3) is 16.8 Å². The highest BCUT2D eigenvalue weighted by Gasteiger charge is 2.40. The summed E-state index contributed by atoms with van der Waals surface area (Å²) in [7, 11) is 1.61. The highest BCUT2D eigenvalue weighted by molar-refractivity contribution is 5.84. The first-order valence-corrected chi connectivity index (χ1v) is 11.6. The normalized spacial score (nSPS) is 20.1.